The summed E-state index contributed by atoms with van der Waals surface area (Å²) in [6, 6.07) is 0. The monoisotopic (exact) mass is 534 g/mol. The lowest BCUT2D eigenvalue weighted by atomic mass is 9.32. The summed E-state index contributed by atoms with van der Waals surface area (Å²) in [4.78, 5) is 12.8. The van der Waals surface area contributed by atoms with E-state index in [0.717, 1.165) is 64.2 Å². The Morgan fingerprint density at radius 2 is 1.54 bits per heavy atom. The van der Waals surface area contributed by atoms with Crippen LogP contribution < -0.4 is 0 Å². The Bertz CT molecular complexity index is 1090. The highest BCUT2D eigenvalue weighted by Gasteiger charge is 2.72. The normalized spacial score (nSPS) is 50.8. The number of rotatable bonds is 4. The first-order chi connectivity index (χ1) is 16.9. The smallest absolute Gasteiger partial charge is 0.309 e. The molecule has 0 saturated heterocycles. The molecule has 10 atom stereocenters. The largest absolute Gasteiger partial charge is 0.481 e. The molecule has 5 saturated carbocycles. The lowest BCUT2D eigenvalue weighted by molar-refractivity contribution is -0.246. The van der Waals surface area contributed by atoms with Gasteiger partial charge in [0.05, 0.1) is 17.8 Å². The van der Waals surface area contributed by atoms with Crippen LogP contribution in [-0.2, 0) is 19.1 Å². The van der Waals surface area contributed by atoms with Crippen LogP contribution >= 0.6 is 0 Å². The fraction of sp³-hybridized carbons (Fsp3) is 0.903. The van der Waals surface area contributed by atoms with E-state index in [9.17, 15) is 18.3 Å². The van der Waals surface area contributed by atoms with E-state index in [2.05, 4.69) is 48.1 Å². The molecule has 0 bridgehead atoms. The highest BCUT2D eigenvalue weighted by molar-refractivity contribution is 7.86. The van der Waals surface area contributed by atoms with Crippen LogP contribution in [-0.4, -0.2) is 31.9 Å². The van der Waals surface area contributed by atoms with Crippen molar-refractivity contribution in [3.8, 4) is 0 Å². The lowest BCUT2D eigenvalue weighted by Gasteiger charge is -2.72. The molecule has 0 heterocycles. The van der Waals surface area contributed by atoms with Crippen molar-refractivity contribution in [2.24, 2.45) is 56.7 Å². The number of aliphatic carboxylic acids is 1. The van der Waals surface area contributed by atoms with Crippen molar-refractivity contribution in [3.63, 3.8) is 0 Å². The van der Waals surface area contributed by atoms with Gasteiger partial charge in [0.15, 0.2) is 0 Å². The molecule has 0 radical (unpaired) electrons. The standard InChI is InChI=1S/C31H50O5S/c1-19(2)20-11-16-31(26(32)33)18-17-29(6)21(25(20)31)9-10-23-28(5)14-13-24(36-37(8,34)35)27(3,4)22(28)12-15-30(23,29)7/h20-25H,1,9-18H2,2-8H3,(H,32,33)/t20-,21+,22-,23+,24-,25+,28-,29+,30+,31-/m0/s1. The zero-order valence-electron chi connectivity index (χ0n) is 24.2. The Labute approximate surface area is 225 Å². The Morgan fingerprint density at radius 1 is 0.865 bits per heavy atom. The number of carbonyl (C=O) groups is 1. The molecule has 0 aromatic carbocycles. The SMILES string of the molecule is C=C(C)[C@@H]1CC[C@]2(C(=O)O)CC[C@]3(C)[C@H](CC[C@@H]4[C@@]5(C)CC[C@H](OS(C)(=O)=O)C(C)(C)[C@@H]5CC[C@]43C)[C@@H]12. The van der Waals surface area contributed by atoms with Crippen LogP contribution in [0.15, 0.2) is 12.2 Å². The maximum absolute atomic E-state index is 12.8. The maximum atomic E-state index is 12.8. The summed E-state index contributed by atoms with van der Waals surface area (Å²) >= 11 is 0. The van der Waals surface area contributed by atoms with Crippen LogP contribution in [0.4, 0.5) is 0 Å². The van der Waals surface area contributed by atoms with Gasteiger partial charge in [-0.2, -0.15) is 8.42 Å². The van der Waals surface area contributed by atoms with Gasteiger partial charge in [-0.05, 0) is 122 Å². The van der Waals surface area contributed by atoms with Crippen molar-refractivity contribution < 1.29 is 22.5 Å². The second kappa shape index (κ2) is 8.32. The Kier molecular flexibility index (Phi) is 6.22. The molecule has 0 spiro atoms. The van der Waals surface area contributed by atoms with Gasteiger partial charge in [0.2, 0.25) is 0 Å². The van der Waals surface area contributed by atoms with Gasteiger partial charge < -0.3 is 5.11 Å². The Hall–Kier alpha value is -0.880. The minimum Gasteiger partial charge on any atom is -0.481 e. The number of carboxylic acids is 1. The van der Waals surface area contributed by atoms with Gasteiger partial charge in [-0.25, -0.2) is 0 Å². The summed E-state index contributed by atoms with van der Waals surface area (Å²) in [7, 11) is -3.50. The minimum absolute atomic E-state index is 0.107. The van der Waals surface area contributed by atoms with Gasteiger partial charge in [0, 0.05) is 0 Å². The van der Waals surface area contributed by atoms with E-state index in [1.54, 1.807) is 0 Å². The predicted octanol–water partition coefficient (Wildman–Crippen LogP) is 7.07. The minimum atomic E-state index is -3.50. The average Bonchev–Trinajstić information content (AvgIpc) is 3.17. The molecular formula is C31H50O5S. The van der Waals surface area contributed by atoms with Crippen molar-refractivity contribution >= 4 is 16.1 Å². The molecule has 5 rings (SSSR count). The zero-order valence-corrected chi connectivity index (χ0v) is 25.0. The fourth-order valence-corrected chi connectivity index (χ4v) is 12.6. The number of carboxylic acid groups (broad SMARTS) is 1. The van der Waals surface area contributed by atoms with Crippen LogP contribution in [0.3, 0.4) is 0 Å². The van der Waals surface area contributed by atoms with Crippen molar-refractivity contribution in [1.29, 1.82) is 0 Å². The molecule has 6 heteroatoms. The third-order valence-corrected chi connectivity index (χ3v) is 14.3. The van der Waals surface area contributed by atoms with Gasteiger partial charge >= 0.3 is 5.97 Å². The van der Waals surface area contributed by atoms with Crippen LogP contribution in [0.5, 0.6) is 0 Å². The van der Waals surface area contributed by atoms with E-state index in [1.807, 2.05) is 0 Å². The molecule has 0 amide bonds. The molecule has 5 nitrogen and oxygen atoms in total. The number of fused-ring (bicyclic) bond motifs is 7. The Morgan fingerprint density at radius 3 is 2.14 bits per heavy atom. The molecule has 0 aliphatic heterocycles. The van der Waals surface area contributed by atoms with Crippen molar-refractivity contribution in [2.45, 2.75) is 112 Å². The summed E-state index contributed by atoms with van der Waals surface area (Å²) < 4.78 is 29.8. The van der Waals surface area contributed by atoms with E-state index in [4.69, 9.17) is 4.18 Å². The van der Waals surface area contributed by atoms with Crippen LogP contribution in [0.2, 0.25) is 0 Å². The van der Waals surface area contributed by atoms with Gasteiger partial charge in [0.1, 0.15) is 0 Å². The lowest BCUT2D eigenvalue weighted by Crippen LogP contribution is -2.67. The topological polar surface area (TPSA) is 80.7 Å². The van der Waals surface area contributed by atoms with Gasteiger partial charge in [-0.15, -0.1) is 0 Å². The van der Waals surface area contributed by atoms with E-state index in [0.29, 0.717) is 23.7 Å². The Balaban J connectivity index is 1.52. The molecule has 210 valence electrons. The van der Waals surface area contributed by atoms with Crippen LogP contribution in [0.1, 0.15) is 106 Å². The molecule has 37 heavy (non-hydrogen) atoms. The first-order valence-corrected chi connectivity index (χ1v) is 16.5. The van der Waals surface area contributed by atoms with Crippen molar-refractivity contribution in [2.75, 3.05) is 6.26 Å². The van der Waals surface area contributed by atoms with E-state index >= 15 is 0 Å². The molecular weight excluding hydrogens is 484 g/mol. The molecule has 0 aromatic rings. The molecule has 5 aliphatic rings. The van der Waals surface area contributed by atoms with E-state index in [-0.39, 0.29) is 33.7 Å². The average molecular weight is 535 g/mol. The van der Waals surface area contributed by atoms with Crippen LogP contribution in [0, 0.1) is 56.7 Å². The maximum Gasteiger partial charge on any atom is 0.309 e. The number of hydrogen-bond acceptors (Lipinski definition) is 4. The third-order valence-electron chi connectivity index (χ3n) is 13.7. The summed E-state index contributed by atoms with van der Waals surface area (Å²) in [6.45, 7) is 18.5. The summed E-state index contributed by atoms with van der Waals surface area (Å²) in [6.07, 6.45) is 10.7. The molecule has 1 N–H and O–H groups in total. The summed E-state index contributed by atoms with van der Waals surface area (Å²) in [5, 5.41) is 10.5. The van der Waals surface area contributed by atoms with E-state index < -0.39 is 21.5 Å². The third kappa shape index (κ3) is 3.62. The first-order valence-electron chi connectivity index (χ1n) is 14.7. The van der Waals surface area contributed by atoms with Gasteiger partial charge in [-0.3, -0.25) is 8.98 Å². The number of hydrogen-bond donors (Lipinski definition) is 1. The quantitative estimate of drug-likeness (QED) is 0.308. The fourth-order valence-electron chi connectivity index (χ4n) is 11.9. The van der Waals surface area contributed by atoms with Gasteiger partial charge in [-0.1, -0.05) is 46.8 Å². The molecule has 0 unspecified atom stereocenters. The zero-order chi connectivity index (χ0) is 27.4. The molecule has 0 aromatic heterocycles. The number of allylic oxidation sites excluding steroid dienone is 1. The van der Waals surface area contributed by atoms with Gasteiger partial charge in [0.25, 0.3) is 10.1 Å². The highest BCUT2D eigenvalue weighted by atomic mass is 32.2. The first kappa shape index (κ1) is 27.7. The van der Waals surface area contributed by atoms with Crippen molar-refractivity contribution in [1.82, 2.24) is 0 Å². The van der Waals surface area contributed by atoms with Crippen LogP contribution in [0.25, 0.3) is 0 Å². The highest BCUT2D eigenvalue weighted by Crippen LogP contribution is 2.77. The second-order valence-corrected chi connectivity index (χ2v) is 16.9. The molecule has 5 fully saturated rings. The predicted molar refractivity (Wildman–Crippen MR) is 146 cm³/mol. The van der Waals surface area contributed by atoms with Crippen molar-refractivity contribution in [3.05, 3.63) is 12.2 Å². The second-order valence-electron chi connectivity index (χ2n) is 15.3. The summed E-state index contributed by atoms with van der Waals surface area (Å²) in [5.74, 6) is 1.32. The summed E-state index contributed by atoms with van der Waals surface area (Å²) in [5.41, 5.74) is 0.765. The molecule has 5 aliphatic carbocycles. The van der Waals surface area contributed by atoms with E-state index in [1.165, 1.54) is 11.8 Å².